The molecule has 0 aromatic rings. The first-order valence-electron chi connectivity index (χ1n) is 61.3. The minimum absolute atomic E-state index is 0.308. The lowest BCUT2D eigenvalue weighted by Gasteiger charge is -2.41. The lowest BCUT2D eigenvalue weighted by molar-refractivity contribution is -0.305. The van der Waals surface area contributed by atoms with Crippen LogP contribution in [-0.4, -0.2) is 89.6 Å². The molecule has 1 aliphatic heterocycles. The first-order chi connectivity index (χ1) is 68.0. The van der Waals surface area contributed by atoms with Crippen molar-refractivity contribution in [1.82, 2.24) is 0 Å². The third kappa shape index (κ3) is 80.5. The second-order valence-corrected chi connectivity index (χ2v) is 47.1. The van der Waals surface area contributed by atoms with Crippen molar-refractivity contribution in [3.8, 4) is 0 Å². The summed E-state index contributed by atoms with van der Waals surface area (Å²) >= 11 is 0. The van der Waals surface area contributed by atoms with Gasteiger partial charge in [-0.25, -0.2) is 0 Å². The number of aliphatic hydroxyl groups excluding tert-OH is 4. The summed E-state index contributed by atoms with van der Waals surface area (Å²) in [7, 11) is -3.17. The molecule has 12 nitrogen and oxygen atoms in total. The van der Waals surface area contributed by atoms with E-state index in [0.29, 0.717) is 31.3 Å². The predicted molar refractivity (Wildman–Crippen MR) is 604 cm³/mol. The van der Waals surface area contributed by atoms with Crippen molar-refractivity contribution >= 4 is 13.8 Å². The van der Waals surface area contributed by atoms with Crippen LogP contribution in [0, 0.1) is 29.6 Å². The van der Waals surface area contributed by atoms with Crippen LogP contribution in [0.3, 0.4) is 0 Å². The van der Waals surface area contributed by atoms with Gasteiger partial charge in [0.25, 0.3) is 7.82 Å². The Labute approximate surface area is 869 Å². The molecule has 1 heterocycles. The van der Waals surface area contributed by atoms with Gasteiger partial charge in [-0.05, 0) is 188 Å². The van der Waals surface area contributed by atoms with Gasteiger partial charge >= 0.3 is 5.97 Å². The molecule has 0 radical (unpaired) electrons. The number of esters is 1. The second kappa shape index (κ2) is 94.9. The number of carbonyl (C=O) groups is 1. The Morgan fingerprint density at radius 2 is 0.650 bits per heavy atom. The van der Waals surface area contributed by atoms with E-state index in [9.17, 15) is 34.7 Å². The van der Waals surface area contributed by atoms with Crippen molar-refractivity contribution in [1.29, 1.82) is 0 Å². The molecule has 0 aromatic heterocycles. The highest BCUT2D eigenvalue weighted by atomic mass is 31.2. The van der Waals surface area contributed by atoms with Gasteiger partial charge in [0.05, 0.1) is 24.7 Å². The summed E-state index contributed by atoms with van der Waals surface area (Å²) in [4.78, 5) is 27.3. The van der Waals surface area contributed by atoms with Gasteiger partial charge in [-0.3, -0.25) is 13.9 Å². The van der Waals surface area contributed by atoms with Crippen molar-refractivity contribution in [3.63, 3.8) is 0 Å². The Bertz CT molecular complexity index is 3070. The van der Waals surface area contributed by atoms with E-state index in [1.807, 2.05) is 14.0 Å². The summed E-state index contributed by atoms with van der Waals surface area (Å²) in [6.45, 7) is 26.1. The topological polar surface area (TPSA) is 184 Å². The van der Waals surface area contributed by atoms with E-state index in [0.717, 1.165) is 139 Å². The Kier molecular flexibility index (Phi) is 90.6. The maximum Gasteiger partial charge on any atom is 0.311 e. The smallest absolute Gasteiger partial charge is 0.311 e. The van der Waals surface area contributed by atoms with Crippen molar-refractivity contribution in [3.05, 3.63) is 81.5 Å². The molecule has 0 spiro atoms. The Morgan fingerprint density at radius 3 is 0.979 bits per heavy atom. The normalized spacial score (nSPS) is 19.0. The average molecular weight is 1990 g/mol. The second-order valence-electron chi connectivity index (χ2n) is 45.7. The summed E-state index contributed by atoms with van der Waals surface area (Å²) in [5, 5.41) is 44.6. The average Bonchev–Trinajstić information content (AvgIpc) is 1.70. The van der Waals surface area contributed by atoms with Crippen molar-refractivity contribution in [2.75, 3.05) is 20.3 Å². The summed E-state index contributed by atoms with van der Waals surface area (Å²) in [5.41, 5.74) is 9.47. The molecular weight excluding hydrogens is 1750 g/mol. The lowest BCUT2D eigenvalue weighted by Crippen LogP contribution is -2.59. The summed E-state index contributed by atoms with van der Waals surface area (Å²) < 4.78 is 41.1. The summed E-state index contributed by atoms with van der Waals surface area (Å²) in [6, 6.07) is 0. The molecule has 13 atom stereocenters. The highest BCUT2D eigenvalue weighted by Gasteiger charge is 2.47. The number of hydrogen-bond acceptors (Lipinski definition) is 12. The molecule has 2 aliphatic rings. The number of phosphoric ester groups is 1. The molecule has 0 bridgehead atoms. The van der Waals surface area contributed by atoms with Crippen molar-refractivity contribution in [2.45, 2.75) is 672 Å². The largest absolute Gasteiger partial charge is 0.756 e. The lowest BCUT2D eigenvalue weighted by atomic mass is 9.91. The molecule has 1 saturated heterocycles. The molecule has 140 heavy (non-hydrogen) atoms. The Morgan fingerprint density at radius 1 is 0.364 bits per heavy atom. The molecule has 1 saturated carbocycles. The van der Waals surface area contributed by atoms with Gasteiger partial charge in [0.2, 0.25) is 0 Å². The molecular formula is C127H236O12P-. The van der Waals surface area contributed by atoms with Crippen LogP contribution in [0.5, 0.6) is 0 Å². The quantitative estimate of drug-likeness (QED) is 0.0196. The number of carbonyl (C=O) groups excluding carboxylic acids is 1. The number of phosphoric acid groups is 1. The van der Waals surface area contributed by atoms with E-state index in [1.165, 1.54) is 444 Å². The van der Waals surface area contributed by atoms with Crippen LogP contribution in [0.15, 0.2) is 81.5 Å². The van der Waals surface area contributed by atoms with Gasteiger partial charge in [-0.15, -0.1) is 0 Å². The number of allylic oxidation sites excluding steroid dienone is 13. The molecule has 822 valence electrons. The van der Waals surface area contributed by atoms with Crippen LogP contribution in [-0.2, 0) is 32.6 Å². The number of hydrogen-bond donors (Lipinski definition) is 4. The van der Waals surface area contributed by atoms with Crippen LogP contribution >= 0.6 is 7.82 Å². The van der Waals surface area contributed by atoms with E-state index in [2.05, 4.69) is 113 Å². The maximum absolute atomic E-state index is 14.1. The van der Waals surface area contributed by atoms with Gasteiger partial charge in [0.1, 0.15) is 31.0 Å². The van der Waals surface area contributed by atoms with Crippen molar-refractivity contribution < 1.29 is 57.9 Å². The SMILES string of the molecule is CCCCCCCCCCCCCCCCCCCCCCCCCCC(C(=O)OC[C@H]1O[C@H](OP(=O)([O-])OC/C=C(\C)CC/C=C(\C)CC/C=C(\C)CC/C=C(\C)CC/C=C(\C)CC/C=C(\C)CCC=C(C)C)[C@@H](O)[C@@H](O)[C@@H]1O)[C@H](O)CCCCCCCCCCCCCCCC1CC1C(C)CCCCCCCCCCCCCCCC(OC)C(C)CCCCCCCCCCCCCCCCCC. The van der Waals surface area contributed by atoms with Gasteiger partial charge in [-0.1, -0.05) is 546 Å². The maximum atomic E-state index is 14.1. The van der Waals surface area contributed by atoms with E-state index >= 15 is 0 Å². The zero-order chi connectivity index (χ0) is 102. The minimum Gasteiger partial charge on any atom is -0.756 e. The van der Waals surface area contributed by atoms with Gasteiger partial charge in [0, 0.05) is 7.11 Å². The highest BCUT2D eigenvalue weighted by molar-refractivity contribution is 7.45. The fourth-order valence-electron chi connectivity index (χ4n) is 21.6. The Balaban J connectivity index is 1.66. The minimum atomic E-state index is -5.12. The van der Waals surface area contributed by atoms with Crippen LogP contribution in [0.1, 0.15) is 629 Å². The third-order valence-electron chi connectivity index (χ3n) is 31.7. The highest BCUT2D eigenvalue weighted by Crippen LogP contribution is 2.49. The number of aliphatic hydroxyl groups is 4. The Hall–Kier alpha value is -2.48. The summed E-state index contributed by atoms with van der Waals surface area (Å²) in [6.07, 6.45) is 115. The van der Waals surface area contributed by atoms with Crippen LogP contribution in [0.2, 0.25) is 0 Å². The monoisotopic (exact) mass is 1980 g/mol. The zero-order valence-corrected chi connectivity index (χ0v) is 95.9. The zero-order valence-electron chi connectivity index (χ0n) is 95.0. The number of rotatable bonds is 104. The van der Waals surface area contributed by atoms with Crippen molar-refractivity contribution in [2.24, 2.45) is 29.6 Å². The van der Waals surface area contributed by atoms with Gasteiger partial charge in [-0.2, -0.15) is 0 Å². The van der Waals surface area contributed by atoms with E-state index in [-0.39, 0.29) is 6.61 Å². The molecule has 1 aliphatic carbocycles. The number of ether oxygens (including phenoxy) is 3. The van der Waals surface area contributed by atoms with Gasteiger partial charge < -0.3 is 44.1 Å². The van der Waals surface area contributed by atoms with Gasteiger partial charge in [0.15, 0.2) is 6.29 Å². The van der Waals surface area contributed by atoms with E-state index in [1.54, 1.807) is 6.08 Å². The van der Waals surface area contributed by atoms with Crippen LogP contribution in [0.25, 0.3) is 0 Å². The number of methoxy groups -OCH3 is 1. The van der Waals surface area contributed by atoms with Crippen LogP contribution < -0.4 is 4.89 Å². The van der Waals surface area contributed by atoms with E-state index in [4.69, 9.17) is 23.3 Å². The predicted octanol–water partition coefficient (Wildman–Crippen LogP) is 39.2. The third-order valence-corrected chi connectivity index (χ3v) is 32.7. The molecule has 7 unspecified atom stereocenters. The molecule has 0 amide bonds. The standard InChI is InChI=1S/C127H237O12P/c1-14-16-18-20-22-24-26-28-30-32-33-34-35-36-37-38-39-41-47-53-59-65-71-77-101-118(126(132)136-107-122-123(129)124(130)125(131)127(138-122)139-140(133,134)137-105-104-114(10)97-85-96-113(9)95-84-94-112(8)93-83-92-111(7)91-82-90-110(6)89-81-88-109(5)87-80-86-108(3)4)120(128)102-78-72-66-60-54-48-43-46-52-58-64-70-76-100-117-106-119(117)115(11)98-74-68-62-56-50-45-42-49-55-61-67-73-79-103-121(135-13)116(12)99-75-69-63-57-51-44-40-31-29-27-25-23-21-19-17-15-2/h86,88,90,92,94,96,104,115-125,127-131H,14-85,87,89,91,93,95,97-103,105-107H2,1-13H3,(H,133,134)/p-1/b109-88+,110-90+,111-92+,112-94+,113-96+,114-104+/t115?,116?,117?,118?,119?,120-,121?,122-,123-,124+,125+,127-/m1/s1. The fourth-order valence-corrected chi connectivity index (χ4v) is 22.3. The molecule has 4 N–H and O–H groups in total. The van der Waals surface area contributed by atoms with E-state index < -0.39 is 63.1 Å². The fraction of sp³-hybridized carbons (Fsp3) is 0.882. The van der Waals surface area contributed by atoms with Crippen LogP contribution in [0.4, 0.5) is 0 Å². The first-order valence-corrected chi connectivity index (χ1v) is 62.8. The number of unbranched alkanes of at least 4 members (excludes halogenated alkanes) is 62. The summed E-state index contributed by atoms with van der Waals surface area (Å²) in [5.74, 6) is 2.18. The molecule has 2 fully saturated rings. The molecule has 0 aromatic carbocycles. The first kappa shape index (κ1) is 134. The molecule has 2 rings (SSSR count). The molecule has 13 heteroatoms.